The first-order valence-electron chi connectivity index (χ1n) is 3.20. The molecule has 2 heterocycles. The van der Waals surface area contributed by atoms with Crippen LogP contribution in [0.1, 0.15) is 5.56 Å². The highest BCUT2D eigenvalue weighted by Gasteiger charge is 1.99. The molecular formula is C9H5NS. The lowest BCUT2D eigenvalue weighted by Crippen LogP contribution is -1.70. The van der Waals surface area contributed by atoms with E-state index in [1.54, 1.807) is 17.5 Å². The summed E-state index contributed by atoms with van der Waals surface area (Å²) in [6.45, 7) is 0. The first-order chi connectivity index (χ1) is 5.42. The average molecular weight is 159 g/mol. The Bertz CT molecular complexity index is 422. The topological polar surface area (TPSA) is 12.9 Å². The smallest absolute Gasteiger partial charge is 0.124 e. The van der Waals surface area contributed by atoms with E-state index in [1.165, 1.54) is 0 Å². The summed E-state index contributed by atoms with van der Waals surface area (Å²) in [5, 5.41) is 3.04. The Kier molecular flexibility index (Phi) is 1.38. The first kappa shape index (κ1) is 6.38. The molecule has 0 amide bonds. The SMILES string of the molecule is C#Cc1csc2ncccc12. The van der Waals surface area contributed by atoms with Gasteiger partial charge in [-0.05, 0) is 12.1 Å². The van der Waals surface area contributed by atoms with Crippen molar-refractivity contribution in [1.82, 2.24) is 4.98 Å². The number of terminal acetylenes is 1. The van der Waals surface area contributed by atoms with Gasteiger partial charge in [-0.3, -0.25) is 0 Å². The molecule has 0 radical (unpaired) electrons. The van der Waals surface area contributed by atoms with E-state index in [0.29, 0.717) is 0 Å². The molecule has 0 fully saturated rings. The Morgan fingerprint density at radius 1 is 1.55 bits per heavy atom. The second-order valence-corrected chi connectivity index (χ2v) is 3.01. The predicted octanol–water partition coefficient (Wildman–Crippen LogP) is 2.28. The van der Waals surface area contributed by atoms with Crippen LogP contribution in [0.5, 0.6) is 0 Å². The normalized spacial score (nSPS) is 9.73. The molecule has 2 heteroatoms. The van der Waals surface area contributed by atoms with Crippen LogP contribution in [-0.4, -0.2) is 4.98 Å². The van der Waals surface area contributed by atoms with E-state index >= 15 is 0 Å². The molecule has 0 aliphatic rings. The average Bonchev–Trinajstić information content (AvgIpc) is 2.47. The molecule has 1 nitrogen and oxygen atoms in total. The van der Waals surface area contributed by atoms with E-state index in [0.717, 1.165) is 15.8 Å². The molecule has 0 aliphatic carbocycles. The van der Waals surface area contributed by atoms with Gasteiger partial charge in [0.25, 0.3) is 0 Å². The van der Waals surface area contributed by atoms with Crippen molar-refractivity contribution >= 4 is 21.6 Å². The summed E-state index contributed by atoms with van der Waals surface area (Å²) in [5.74, 6) is 2.62. The Balaban J connectivity index is 2.89. The second-order valence-electron chi connectivity index (χ2n) is 2.15. The number of hydrogen-bond acceptors (Lipinski definition) is 2. The van der Waals surface area contributed by atoms with E-state index in [9.17, 15) is 0 Å². The number of fused-ring (bicyclic) bond motifs is 1. The molecule has 0 N–H and O–H groups in total. The quantitative estimate of drug-likeness (QED) is 0.537. The molecule has 11 heavy (non-hydrogen) atoms. The van der Waals surface area contributed by atoms with Gasteiger partial charge in [-0.2, -0.15) is 0 Å². The van der Waals surface area contributed by atoms with Gasteiger partial charge >= 0.3 is 0 Å². The lowest BCUT2D eigenvalue weighted by Gasteiger charge is -1.85. The molecule has 0 bridgehead atoms. The van der Waals surface area contributed by atoms with E-state index in [2.05, 4.69) is 10.9 Å². The van der Waals surface area contributed by atoms with E-state index in [-0.39, 0.29) is 0 Å². The zero-order chi connectivity index (χ0) is 7.68. The van der Waals surface area contributed by atoms with Crippen LogP contribution in [0.15, 0.2) is 23.7 Å². The number of aromatic nitrogens is 1. The van der Waals surface area contributed by atoms with Gasteiger partial charge in [0.05, 0.1) is 0 Å². The fourth-order valence-electron chi connectivity index (χ4n) is 0.980. The summed E-state index contributed by atoms with van der Waals surface area (Å²) in [4.78, 5) is 5.19. The van der Waals surface area contributed by atoms with Crippen LogP contribution < -0.4 is 0 Å². The standard InChI is InChI=1S/C9H5NS/c1-2-7-6-11-9-8(7)4-3-5-10-9/h1,3-6H. The lowest BCUT2D eigenvalue weighted by molar-refractivity contribution is 1.45. The van der Waals surface area contributed by atoms with Gasteiger partial charge in [-0.25, -0.2) is 4.98 Å². The van der Waals surface area contributed by atoms with Crippen molar-refractivity contribution in [3.63, 3.8) is 0 Å². The minimum Gasteiger partial charge on any atom is -0.245 e. The monoisotopic (exact) mass is 159 g/mol. The fraction of sp³-hybridized carbons (Fsp3) is 0. The van der Waals surface area contributed by atoms with Crippen molar-refractivity contribution < 1.29 is 0 Å². The zero-order valence-electron chi connectivity index (χ0n) is 5.74. The maximum Gasteiger partial charge on any atom is 0.124 e. The summed E-state index contributed by atoms with van der Waals surface area (Å²) in [7, 11) is 0. The summed E-state index contributed by atoms with van der Waals surface area (Å²) < 4.78 is 0. The van der Waals surface area contributed by atoms with Gasteiger partial charge in [0.2, 0.25) is 0 Å². The molecule has 2 rings (SSSR count). The summed E-state index contributed by atoms with van der Waals surface area (Å²) in [6.07, 6.45) is 7.07. The number of nitrogens with zero attached hydrogens (tertiary/aromatic N) is 1. The summed E-state index contributed by atoms with van der Waals surface area (Å²) >= 11 is 1.58. The first-order valence-corrected chi connectivity index (χ1v) is 4.08. The van der Waals surface area contributed by atoms with E-state index in [4.69, 9.17) is 6.42 Å². The molecule has 0 saturated heterocycles. The largest absolute Gasteiger partial charge is 0.245 e. The van der Waals surface area contributed by atoms with Crippen LogP contribution in [0, 0.1) is 12.3 Å². The van der Waals surface area contributed by atoms with Crippen molar-refractivity contribution in [3.05, 3.63) is 29.3 Å². The molecule has 2 aromatic rings. The maximum atomic E-state index is 5.29. The van der Waals surface area contributed by atoms with Crippen LogP contribution in [0.2, 0.25) is 0 Å². The highest BCUT2D eigenvalue weighted by atomic mass is 32.1. The zero-order valence-corrected chi connectivity index (χ0v) is 6.56. The molecule has 0 atom stereocenters. The molecular weight excluding hydrogens is 154 g/mol. The fourth-order valence-corrected chi connectivity index (χ4v) is 1.83. The third-order valence-corrected chi connectivity index (χ3v) is 2.41. The third-order valence-electron chi connectivity index (χ3n) is 1.51. The molecule has 0 unspecified atom stereocenters. The Hall–Kier alpha value is -1.33. The van der Waals surface area contributed by atoms with Crippen LogP contribution in [0.3, 0.4) is 0 Å². The number of thiophene rings is 1. The van der Waals surface area contributed by atoms with Crippen LogP contribution in [0.4, 0.5) is 0 Å². The highest BCUT2D eigenvalue weighted by molar-refractivity contribution is 7.17. The molecule has 0 spiro atoms. The Morgan fingerprint density at radius 2 is 2.45 bits per heavy atom. The molecule has 0 aliphatic heterocycles. The van der Waals surface area contributed by atoms with Crippen LogP contribution in [0.25, 0.3) is 10.2 Å². The van der Waals surface area contributed by atoms with Crippen molar-refractivity contribution in [1.29, 1.82) is 0 Å². The van der Waals surface area contributed by atoms with Crippen molar-refractivity contribution in [2.24, 2.45) is 0 Å². The Labute approximate surface area is 68.7 Å². The van der Waals surface area contributed by atoms with Gasteiger partial charge < -0.3 is 0 Å². The third kappa shape index (κ3) is 0.903. The Morgan fingerprint density at radius 3 is 3.27 bits per heavy atom. The van der Waals surface area contributed by atoms with Crippen molar-refractivity contribution in [3.8, 4) is 12.3 Å². The molecule has 0 aromatic carbocycles. The molecule has 52 valence electrons. The highest BCUT2D eigenvalue weighted by Crippen LogP contribution is 2.22. The summed E-state index contributed by atoms with van der Waals surface area (Å²) in [5.41, 5.74) is 0.943. The number of rotatable bonds is 0. The van der Waals surface area contributed by atoms with E-state index in [1.807, 2.05) is 17.5 Å². The van der Waals surface area contributed by atoms with Crippen LogP contribution in [-0.2, 0) is 0 Å². The van der Waals surface area contributed by atoms with E-state index < -0.39 is 0 Å². The predicted molar refractivity (Wildman–Crippen MR) is 47.6 cm³/mol. The minimum atomic E-state index is 0.943. The van der Waals surface area contributed by atoms with Gasteiger partial charge in [0.1, 0.15) is 4.83 Å². The van der Waals surface area contributed by atoms with Gasteiger partial charge in [-0.15, -0.1) is 17.8 Å². The van der Waals surface area contributed by atoms with Crippen LogP contribution >= 0.6 is 11.3 Å². The number of hydrogen-bond donors (Lipinski definition) is 0. The number of pyridine rings is 1. The van der Waals surface area contributed by atoms with Gasteiger partial charge in [0, 0.05) is 22.5 Å². The van der Waals surface area contributed by atoms with Gasteiger partial charge in [-0.1, -0.05) is 5.92 Å². The molecule has 0 saturated carbocycles. The van der Waals surface area contributed by atoms with Crippen molar-refractivity contribution in [2.75, 3.05) is 0 Å². The second kappa shape index (κ2) is 2.37. The van der Waals surface area contributed by atoms with Gasteiger partial charge in [0.15, 0.2) is 0 Å². The summed E-state index contributed by atoms with van der Waals surface area (Å²) in [6, 6.07) is 3.89. The minimum absolute atomic E-state index is 0.943. The maximum absolute atomic E-state index is 5.29. The van der Waals surface area contributed by atoms with Crippen molar-refractivity contribution in [2.45, 2.75) is 0 Å². The lowest BCUT2D eigenvalue weighted by atomic mass is 10.2. The molecule has 2 aromatic heterocycles.